The molecular formula is C23H31ClFN5O5SSi. The van der Waals surface area contributed by atoms with Gasteiger partial charge in [-0.15, -0.1) is 0 Å². The molecule has 0 spiro atoms. The first-order chi connectivity index (χ1) is 17.2. The number of halogens is 2. The highest BCUT2D eigenvalue weighted by Gasteiger charge is 2.36. The lowest BCUT2D eigenvalue weighted by Crippen LogP contribution is -2.41. The summed E-state index contributed by atoms with van der Waals surface area (Å²) in [6.45, 7) is 14.9. The fraction of sp³-hybridized carbons (Fsp3) is 0.522. The Bertz CT molecular complexity index is 1220. The first-order valence-electron chi connectivity index (χ1n) is 11.6. The molecule has 3 heterocycles. The minimum Gasteiger partial charge on any atom is -0.469 e. The summed E-state index contributed by atoms with van der Waals surface area (Å²) in [5, 5.41) is 2.65. The molecule has 37 heavy (non-hydrogen) atoms. The summed E-state index contributed by atoms with van der Waals surface area (Å²) in [6, 6.07) is 1.36. The third-order valence-electron chi connectivity index (χ3n) is 5.99. The molecule has 0 unspecified atom stereocenters. The molecular weight excluding hydrogens is 541 g/mol. The average Bonchev–Trinajstić information content (AvgIpc) is 3.15. The lowest BCUT2D eigenvalue weighted by Gasteiger charge is -2.36. The highest BCUT2D eigenvalue weighted by molar-refractivity contribution is 7.21. The maximum absolute atomic E-state index is 14.3. The predicted octanol–water partition coefficient (Wildman–Crippen LogP) is 6.08. The molecule has 0 radical (unpaired) electrons. The third-order valence-corrected chi connectivity index (χ3v) is 11.6. The van der Waals surface area contributed by atoms with Crippen LogP contribution < -0.4 is 14.8 Å². The smallest absolute Gasteiger partial charge is 0.412 e. The van der Waals surface area contributed by atoms with Gasteiger partial charge in [0, 0.05) is 6.07 Å². The summed E-state index contributed by atoms with van der Waals surface area (Å²) in [5.74, 6) is -0.918. The fourth-order valence-electron chi connectivity index (χ4n) is 2.67. The van der Waals surface area contributed by atoms with E-state index >= 15 is 0 Å². The van der Waals surface area contributed by atoms with Crippen LogP contribution in [-0.4, -0.2) is 59.8 Å². The number of carbonyl (C=O) groups excluding carboxylic acids is 1. The molecule has 14 heteroatoms. The van der Waals surface area contributed by atoms with Gasteiger partial charge in [0.25, 0.3) is 5.88 Å². The Kier molecular flexibility index (Phi) is 9.26. The van der Waals surface area contributed by atoms with Crippen molar-refractivity contribution in [2.45, 2.75) is 65.0 Å². The Morgan fingerprint density at radius 2 is 1.84 bits per heavy atom. The van der Waals surface area contributed by atoms with E-state index < -0.39 is 32.4 Å². The first-order valence-corrected chi connectivity index (χ1v) is 15.7. The number of nitrogens with zero attached hydrogens (tertiary/aromatic N) is 4. The van der Waals surface area contributed by atoms with Crippen molar-refractivity contribution in [3.8, 4) is 11.9 Å². The van der Waals surface area contributed by atoms with Crippen LogP contribution >= 0.6 is 22.9 Å². The molecule has 3 aromatic rings. The minimum atomic E-state index is -1.85. The van der Waals surface area contributed by atoms with Gasteiger partial charge in [-0.05, 0) is 32.0 Å². The lowest BCUT2D eigenvalue weighted by molar-refractivity contribution is 0.0379. The number of nitrogens with one attached hydrogen (secondary N) is 1. The molecule has 0 aliphatic rings. The molecule has 3 aromatic heterocycles. The predicted molar refractivity (Wildman–Crippen MR) is 143 cm³/mol. The van der Waals surface area contributed by atoms with Crippen molar-refractivity contribution in [1.29, 1.82) is 0 Å². The van der Waals surface area contributed by atoms with Crippen LogP contribution in [0, 0.1) is 5.82 Å². The highest BCUT2D eigenvalue weighted by atomic mass is 35.5. The van der Waals surface area contributed by atoms with Crippen molar-refractivity contribution < 1.29 is 27.8 Å². The van der Waals surface area contributed by atoms with Gasteiger partial charge < -0.3 is 18.6 Å². The van der Waals surface area contributed by atoms with Crippen LogP contribution in [0.25, 0.3) is 10.3 Å². The van der Waals surface area contributed by atoms with Crippen LogP contribution in [0.3, 0.4) is 0 Å². The second kappa shape index (κ2) is 11.8. The number of aromatic nitrogens is 4. The van der Waals surface area contributed by atoms with Crippen LogP contribution in [0.5, 0.6) is 11.9 Å². The van der Waals surface area contributed by atoms with Gasteiger partial charge in [0.05, 0.1) is 24.7 Å². The maximum atomic E-state index is 14.3. The Balaban J connectivity index is 1.45. The van der Waals surface area contributed by atoms with Crippen molar-refractivity contribution in [2.75, 3.05) is 18.5 Å². The third kappa shape index (κ3) is 7.93. The van der Waals surface area contributed by atoms with E-state index in [4.69, 9.17) is 30.2 Å². The fourth-order valence-corrected chi connectivity index (χ4v) is 4.65. The second-order valence-electron chi connectivity index (χ2n) is 9.84. The standard InChI is InChI=1S/C23H31ClFN5O5SSi/c1-13(34-18-16(25)10-17-19(30-18)36-20(24)29-17)14(2)35-22(31)28-15-11-26-21(27-12-15)32-8-9-33-37(6,7)23(3,4)5/h10-14H,8-9H2,1-7H3,(H,28,31)/t13-,14+/m0/s1. The molecule has 0 aliphatic carbocycles. The van der Waals surface area contributed by atoms with E-state index in [1.807, 2.05) is 0 Å². The highest BCUT2D eigenvalue weighted by Crippen LogP contribution is 2.36. The summed E-state index contributed by atoms with van der Waals surface area (Å²) < 4.78 is 37.1. The zero-order chi connectivity index (χ0) is 27.4. The number of carbonyl (C=O) groups is 1. The summed E-state index contributed by atoms with van der Waals surface area (Å²) >= 11 is 6.96. The summed E-state index contributed by atoms with van der Waals surface area (Å²) in [6.07, 6.45) is 0.622. The SMILES string of the molecule is C[C@H](Oc1nc2sc(Cl)nc2cc1F)[C@@H](C)OC(=O)Nc1cnc(OCCO[Si](C)(C)C(C)(C)C)nc1. The molecule has 0 aliphatic heterocycles. The first kappa shape index (κ1) is 29.0. The van der Waals surface area contributed by atoms with Gasteiger partial charge >= 0.3 is 12.1 Å². The van der Waals surface area contributed by atoms with Gasteiger partial charge in [0.15, 0.2) is 18.6 Å². The molecule has 0 bridgehead atoms. The van der Waals surface area contributed by atoms with Gasteiger partial charge in [0.1, 0.15) is 29.2 Å². The average molecular weight is 572 g/mol. The van der Waals surface area contributed by atoms with Crippen molar-refractivity contribution in [1.82, 2.24) is 19.9 Å². The summed E-state index contributed by atoms with van der Waals surface area (Å²) in [5.41, 5.74) is 0.658. The Morgan fingerprint density at radius 3 is 2.49 bits per heavy atom. The van der Waals surface area contributed by atoms with Gasteiger partial charge in [0.2, 0.25) is 0 Å². The van der Waals surface area contributed by atoms with E-state index in [-0.39, 0.29) is 21.4 Å². The number of hydrogen-bond acceptors (Lipinski definition) is 10. The molecule has 0 aromatic carbocycles. The van der Waals surface area contributed by atoms with Crippen molar-refractivity contribution in [2.24, 2.45) is 0 Å². The number of thiazole rings is 1. The maximum Gasteiger partial charge on any atom is 0.412 e. The number of rotatable bonds is 10. The number of hydrogen-bond donors (Lipinski definition) is 1. The largest absolute Gasteiger partial charge is 0.469 e. The molecule has 3 rings (SSSR count). The summed E-state index contributed by atoms with van der Waals surface area (Å²) in [4.78, 5) is 29.0. The number of pyridine rings is 1. The van der Waals surface area contributed by atoms with Crippen LogP contribution in [-0.2, 0) is 9.16 Å². The van der Waals surface area contributed by atoms with E-state index in [0.717, 1.165) is 11.3 Å². The van der Waals surface area contributed by atoms with Gasteiger partial charge in [-0.2, -0.15) is 4.98 Å². The number of amides is 1. The van der Waals surface area contributed by atoms with Crippen molar-refractivity contribution in [3.05, 3.63) is 28.7 Å². The van der Waals surface area contributed by atoms with E-state index in [2.05, 4.69) is 59.1 Å². The topological polar surface area (TPSA) is 118 Å². The summed E-state index contributed by atoms with van der Waals surface area (Å²) in [7, 11) is -1.85. The molecule has 1 amide bonds. The van der Waals surface area contributed by atoms with Gasteiger partial charge in [-0.3, -0.25) is 5.32 Å². The van der Waals surface area contributed by atoms with E-state index in [1.165, 1.54) is 18.5 Å². The minimum absolute atomic E-state index is 0.116. The molecule has 202 valence electrons. The van der Waals surface area contributed by atoms with Crippen molar-refractivity contribution in [3.63, 3.8) is 0 Å². The van der Waals surface area contributed by atoms with E-state index in [1.54, 1.807) is 13.8 Å². The van der Waals surface area contributed by atoms with Gasteiger partial charge in [-0.1, -0.05) is 43.7 Å². The molecule has 10 nitrogen and oxygen atoms in total. The normalized spacial score (nSPS) is 13.8. The Hall–Kier alpha value is -2.61. The Morgan fingerprint density at radius 1 is 1.16 bits per heavy atom. The van der Waals surface area contributed by atoms with E-state index in [0.29, 0.717) is 29.2 Å². The molecule has 2 atom stereocenters. The molecule has 1 N–H and O–H groups in total. The molecule has 0 saturated heterocycles. The zero-order valence-electron chi connectivity index (χ0n) is 21.8. The number of fused-ring (bicyclic) bond motifs is 1. The van der Waals surface area contributed by atoms with Crippen LogP contribution in [0.2, 0.25) is 22.6 Å². The van der Waals surface area contributed by atoms with Crippen LogP contribution in [0.4, 0.5) is 14.9 Å². The zero-order valence-corrected chi connectivity index (χ0v) is 24.4. The molecule has 0 saturated carbocycles. The monoisotopic (exact) mass is 571 g/mol. The van der Waals surface area contributed by atoms with Crippen LogP contribution in [0.1, 0.15) is 34.6 Å². The van der Waals surface area contributed by atoms with E-state index in [9.17, 15) is 9.18 Å². The van der Waals surface area contributed by atoms with Gasteiger partial charge in [-0.25, -0.2) is 24.1 Å². The number of anilines is 1. The Labute approximate surface area is 225 Å². The molecule has 0 fully saturated rings. The second-order valence-corrected chi connectivity index (χ2v) is 16.2. The van der Waals surface area contributed by atoms with Crippen LogP contribution in [0.15, 0.2) is 18.5 Å². The lowest BCUT2D eigenvalue weighted by atomic mass is 10.2. The number of ether oxygens (including phenoxy) is 3. The van der Waals surface area contributed by atoms with Crippen molar-refractivity contribution >= 4 is 53.4 Å². The quantitative estimate of drug-likeness (QED) is 0.228.